The molecule has 0 saturated carbocycles. The highest BCUT2D eigenvalue weighted by molar-refractivity contribution is 5.19. The summed E-state index contributed by atoms with van der Waals surface area (Å²) in [6.45, 7) is -0.813. The van der Waals surface area contributed by atoms with Gasteiger partial charge in [-0.2, -0.15) is 8.78 Å². The van der Waals surface area contributed by atoms with E-state index in [1.807, 2.05) is 4.98 Å². The van der Waals surface area contributed by atoms with E-state index in [1.165, 1.54) is 24.3 Å². The molecule has 0 spiro atoms. The molecule has 0 radical (unpaired) electrons. The van der Waals surface area contributed by atoms with Crippen LogP contribution >= 0.6 is 0 Å². The molecule has 6 heteroatoms. The van der Waals surface area contributed by atoms with Crippen LogP contribution in [0.4, 0.5) is 8.78 Å². The lowest BCUT2D eigenvalue weighted by Crippen LogP contribution is -2.33. The first-order valence-electron chi connectivity index (χ1n) is 5.22. The number of aromatic amines is 1. The fourth-order valence-corrected chi connectivity index (χ4v) is 1.56. The van der Waals surface area contributed by atoms with Gasteiger partial charge in [0.2, 0.25) is 0 Å². The summed E-state index contributed by atoms with van der Waals surface area (Å²) in [5, 5.41) is 0. The third kappa shape index (κ3) is 2.53. The van der Waals surface area contributed by atoms with Gasteiger partial charge in [0.05, 0.1) is 6.54 Å². The molecule has 94 valence electrons. The van der Waals surface area contributed by atoms with E-state index in [4.69, 9.17) is 0 Å². The summed E-state index contributed by atoms with van der Waals surface area (Å²) in [6.07, 6.45) is 1.05. The maximum Gasteiger partial charge on any atom is 0.328 e. The summed E-state index contributed by atoms with van der Waals surface area (Å²) >= 11 is 0. The van der Waals surface area contributed by atoms with Crippen molar-refractivity contribution in [2.75, 3.05) is 0 Å². The number of benzene rings is 1. The first-order valence-corrected chi connectivity index (χ1v) is 5.22. The first kappa shape index (κ1) is 12.2. The third-order valence-electron chi connectivity index (χ3n) is 2.46. The quantitative estimate of drug-likeness (QED) is 0.895. The molecule has 0 aliphatic carbocycles. The molecule has 4 nitrogen and oxygen atoms in total. The Morgan fingerprint density at radius 2 is 1.78 bits per heavy atom. The first-order chi connectivity index (χ1) is 8.49. The van der Waals surface area contributed by atoms with Crippen molar-refractivity contribution < 1.29 is 8.78 Å². The van der Waals surface area contributed by atoms with Crippen LogP contribution in [0.1, 0.15) is 5.56 Å². The molecule has 0 atom stereocenters. The zero-order chi connectivity index (χ0) is 13.2. The van der Waals surface area contributed by atoms with Gasteiger partial charge >= 0.3 is 5.69 Å². The van der Waals surface area contributed by atoms with E-state index in [0.717, 1.165) is 16.8 Å². The van der Waals surface area contributed by atoms with Crippen LogP contribution in [-0.4, -0.2) is 9.55 Å². The molecule has 1 N–H and O–H groups in total. The van der Waals surface area contributed by atoms with Crippen LogP contribution in [0.15, 0.2) is 52.2 Å². The highest BCUT2D eigenvalue weighted by atomic mass is 19.3. The van der Waals surface area contributed by atoms with Crippen molar-refractivity contribution in [1.29, 1.82) is 0 Å². The maximum atomic E-state index is 13.9. The van der Waals surface area contributed by atoms with Gasteiger partial charge in [-0.05, 0) is 0 Å². The monoisotopic (exact) mass is 252 g/mol. The Balaban J connectivity index is 2.33. The van der Waals surface area contributed by atoms with Crippen LogP contribution in [0, 0.1) is 0 Å². The molecule has 2 aromatic rings. The van der Waals surface area contributed by atoms with Gasteiger partial charge in [0, 0.05) is 17.8 Å². The van der Waals surface area contributed by atoms with E-state index in [0.29, 0.717) is 0 Å². The van der Waals surface area contributed by atoms with Crippen LogP contribution in [0.25, 0.3) is 0 Å². The molecular formula is C12H10F2N2O2. The highest BCUT2D eigenvalue weighted by Gasteiger charge is 2.32. The lowest BCUT2D eigenvalue weighted by atomic mass is 10.1. The van der Waals surface area contributed by atoms with E-state index in [9.17, 15) is 18.4 Å². The molecule has 1 heterocycles. The van der Waals surface area contributed by atoms with Crippen molar-refractivity contribution in [3.05, 3.63) is 69.0 Å². The Labute approximate surface area is 101 Å². The average molecular weight is 252 g/mol. The summed E-state index contributed by atoms with van der Waals surface area (Å²) in [4.78, 5) is 24.1. The zero-order valence-electron chi connectivity index (χ0n) is 9.27. The van der Waals surface area contributed by atoms with E-state index in [2.05, 4.69) is 0 Å². The number of hydrogen-bond donors (Lipinski definition) is 1. The van der Waals surface area contributed by atoms with Crippen molar-refractivity contribution in [3.8, 4) is 0 Å². The van der Waals surface area contributed by atoms with Gasteiger partial charge in [-0.15, -0.1) is 0 Å². The molecule has 18 heavy (non-hydrogen) atoms. The predicted molar refractivity (Wildman–Crippen MR) is 61.7 cm³/mol. The SMILES string of the molecule is O=c1ccn(CC(F)(F)c2ccccc2)c(=O)[nH]1. The lowest BCUT2D eigenvalue weighted by Gasteiger charge is -2.17. The zero-order valence-corrected chi connectivity index (χ0v) is 9.27. The Bertz CT molecular complexity index is 647. The third-order valence-corrected chi connectivity index (χ3v) is 2.46. The summed E-state index contributed by atoms with van der Waals surface area (Å²) in [7, 11) is 0. The van der Waals surface area contributed by atoms with E-state index in [-0.39, 0.29) is 5.56 Å². The van der Waals surface area contributed by atoms with Crippen LogP contribution < -0.4 is 11.2 Å². The number of alkyl halides is 2. The van der Waals surface area contributed by atoms with Gasteiger partial charge in [-0.25, -0.2) is 4.79 Å². The van der Waals surface area contributed by atoms with Crippen molar-refractivity contribution in [2.45, 2.75) is 12.5 Å². The second kappa shape index (κ2) is 4.56. The van der Waals surface area contributed by atoms with Gasteiger partial charge in [0.1, 0.15) is 0 Å². The molecule has 0 aliphatic rings. The maximum absolute atomic E-state index is 13.9. The number of aromatic nitrogens is 2. The number of halogens is 2. The molecule has 0 bridgehead atoms. The van der Waals surface area contributed by atoms with Crippen LogP contribution in [0.3, 0.4) is 0 Å². The fourth-order valence-electron chi connectivity index (χ4n) is 1.56. The highest BCUT2D eigenvalue weighted by Crippen LogP contribution is 2.28. The van der Waals surface area contributed by atoms with Gasteiger partial charge < -0.3 is 0 Å². The van der Waals surface area contributed by atoms with E-state index in [1.54, 1.807) is 6.07 Å². The minimum Gasteiger partial charge on any atom is -0.294 e. The molecule has 1 aromatic heterocycles. The van der Waals surface area contributed by atoms with Crippen molar-refractivity contribution in [2.24, 2.45) is 0 Å². The lowest BCUT2D eigenvalue weighted by molar-refractivity contribution is -0.0235. The molecule has 0 unspecified atom stereocenters. The second-order valence-electron chi connectivity index (χ2n) is 3.81. The van der Waals surface area contributed by atoms with Gasteiger partial charge in [-0.3, -0.25) is 14.3 Å². The number of rotatable bonds is 3. The normalized spacial score (nSPS) is 11.4. The smallest absolute Gasteiger partial charge is 0.294 e. The molecule has 0 saturated heterocycles. The standard InChI is InChI=1S/C12H10F2N2O2/c13-12(14,9-4-2-1-3-5-9)8-16-7-6-10(17)15-11(16)18/h1-7H,8H2,(H,15,17,18). The van der Waals surface area contributed by atoms with Crippen LogP contribution in [-0.2, 0) is 12.5 Å². The van der Waals surface area contributed by atoms with Crippen LogP contribution in [0.5, 0.6) is 0 Å². The van der Waals surface area contributed by atoms with E-state index < -0.39 is 23.7 Å². The van der Waals surface area contributed by atoms with Gasteiger partial charge in [0.25, 0.3) is 11.5 Å². The summed E-state index contributed by atoms with van der Waals surface area (Å²) in [5.74, 6) is -3.18. The summed E-state index contributed by atoms with van der Waals surface area (Å²) in [6, 6.07) is 8.24. The largest absolute Gasteiger partial charge is 0.328 e. The Hall–Kier alpha value is -2.24. The molecular weight excluding hydrogens is 242 g/mol. The minimum absolute atomic E-state index is 0.178. The van der Waals surface area contributed by atoms with Crippen molar-refractivity contribution in [1.82, 2.24) is 9.55 Å². The summed E-state index contributed by atoms with van der Waals surface area (Å²) in [5.41, 5.74) is -1.64. The molecule has 0 amide bonds. The number of hydrogen-bond acceptors (Lipinski definition) is 2. The molecule has 2 rings (SSSR count). The number of nitrogens with one attached hydrogen (secondary N) is 1. The minimum atomic E-state index is -3.18. The average Bonchev–Trinajstić information content (AvgIpc) is 2.34. The summed E-state index contributed by atoms with van der Waals surface area (Å²) < 4.78 is 28.5. The molecule has 0 fully saturated rings. The second-order valence-corrected chi connectivity index (χ2v) is 3.81. The fraction of sp³-hybridized carbons (Fsp3) is 0.167. The van der Waals surface area contributed by atoms with Crippen molar-refractivity contribution >= 4 is 0 Å². The number of H-pyrrole nitrogens is 1. The number of nitrogens with zero attached hydrogens (tertiary/aromatic N) is 1. The Morgan fingerprint density at radius 3 is 2.39 bits per heavy atom. The van der Waals surface area contributed by atoms with Gasteiger partial charge in [-0.1, -0.05) is 30.3 Å². The van der Waals surface area contributed by atoms with Gasteiger partial charge in [0.15, 0.2) is 0 Å². The molecule has 0 aliphatic heterocycles. The predicted octanol–water partition coefficient (Wildman–Crippen LogP) is 1.33. The Morgan fingerprint density at radius 1 is 1.11 bits per heavy atom. The molecule has 1 aromatic carbocycles. The topological polar surface area (TPSA) is 54.9 Å². The van der Waals surface area contributed by atoms with Crippen molar-refractivity contribution in [3.63, 3.8) is 0 Å². The Kier molecular flexibility index (Phi) is 3.10. The van der Waals surface area contributed by atoms with E-state index >= 15 is 0 Å². The van der Waals surface area contributed by atoms with Crippen LogP contribution in [0.2, 0.25) is 0 Å².